The number of benzene rings is 1. The minimum atomic E-state index is -0.583. The Morgan fingerprint density at radius 2 is 1.86 bits per heavy atom. The molecule has 1 heterocycles. The molecular weight excluding hydrogens is 262 g/mol. The van der Waals surface area contributed by atoms with Crippen LogP contribution >= 0.6 is 0 Å². The topological polar surface area (TPSA) is 58.4 Å². The van der Waals surface area contributed by atoms with Gasteiger partial charge >= 0.3 is 0 Å². The lowest BCUT2D eigenvalue weighted by atomic mass is 9.99. The van der Waals surface area contributed by atoms with Crippen molar-refractivity contribution < 1.29 is 4.79 Å². The van der Waals surface area contributed by atoms with Gasteiger partial charge in [-0.05, 0) is 42.7 Å². The van der Waals surface area contributed by atoms with Gasteiger partial charge in [0.1, 0.15) is 6.17 Å². The Morgan fingerprint density at radius 1 is 1.14 bits per heavy atom. The summed E-state index contributed by atoms with van der Waals surface area (Å²) in [7, 11) is 0. The molecule has 2 fully saturated rings. The molecular formula is C17H23N3O. The van der Waals surface area contributed by atoms with Crippen molar-refractivity contribution in [3.8, 4) is 0 Å². The highest BCUT2D eigenvalue weighted by molar-refractivity contribution is 5.98. The van der Waals surface area contributed by atoms with Gasteiger partial charge in [0.2, 0.25) is 0 Å². The number of anilines is 1. The van der Waals surface area contributed by atoms with E-state index < -0.39 is 6.17 Å². The van der Waals surface area contributed by atoms with Crippen LogP contribution in [0.2, 0.25) is 0 Å². The quantitative estimate of drug-likeness (QED) is 0.891. The fourth-order valence-electron chi connectivity index (χ4n) is 3.32. The summed E-state index contributed by atoms with van der Waals surface area (Å²) in [5, 5.41) is 3.37. The smallest absolute Gasteiger partial charge is 0.258 e. The zero-order valence-corrected chi connectivity index (χ0v) is 12.3. The van der Waals surface area contributed by atoms with E-state index in [9.17, 15) is 4.79 Å². The molecule has 0 spiro atoms. The number of fused-ring (bicyclic) bond motifs is 1. The van der Waals surface area contributed by atoms with E-state index in [0.717, 1.165) is 24.6 Å². The lowest BCUT2D eigenvalue weighted by Gasteiger charge is -2.24. The second-order valence-corrected chi connectivity index (χ2v) is 6.83. The molecule has 2 aliphatic carbocycles. The van der Waals surface area contributed by atoms with E-state index >= 15 is 0 Å². The first kappa shape index (κ1) is 13.3. The van der Waals surface area contributed by atoms with Crippen LogP contribution in [0.25, 0.3) is 0 Å². The predicted molar refractivity (Wildman–Crippen MR) is 82.7 cm³/mol. The summed E-state index contributed by atoms with van der Waals surface area (Å²) in [5.41, 5.74) is 8.44. The molecule has 4 nitrogen and oxygen atoms in total. The number of nitrogens with one attached hydrogen (secondary N) is 1. The molecule has 4 rings (SSSR count). The fraction of sp³-hybridized carbons (Fsp3) is 0.588. The maximum Gasteiger partial charge on any atom is 0.258 e. The van der Waals surface area contributed by atoms with Crippen LogP contribution in [-0.4, -0.2) is 18.6 Å². The van der Waals surface area contributed by atoms with Gasteiger partial charge in [-0.15, -0.1) is 0 Å². The Kier molecular flexibility index (Phi) is 3.23. The van der Waals surface area contributed by atoms with Gasteiger partial charge in [-0.2, -0.15) is 0 Å². The van der Waals surface area contributed by atoms with Crippen molar-refractivity contribution in [2.75, 3.05) is 11.4 Å². The summed E-state index contributed by atoms with van der Waals surface area (Å²) in [5.74, 6) is 1.48. The number of rotatable bonds is 4. The molecule has 0 saturated heterocycles. The third kappa shape index (κ3) is 2.70. The highest BCUT2D eigenvalue weighted by Crippen LogP contribution is 2.41. The van der Waals surface area contributed by atoms with Crippen LogP contribution in [0.3, 0.4) is 0 Å². The Balaban J connectivity index is 1.70. The molecule has 2 saturated carbocycles. The summed E-state index contributed by atoms with van der Waals surface area (Å²) >= 11 is 0. The van der Waals surface area contributed by atoms with Crippen molar-refractivity contribution in [1.29, 1.82) is 0 Å². The molecule has 0 radical (unpaired) electrons. The molecule has 1 aromatic rings. The molecule has 3 N–H and O–H groups in total. The first-order valence-electron chi connectivity index (χ1n) is 8.14. The zero-order valence-electron chi connectivity index (χ0n) is 12.3. The van der Waals surface area contributed by atoms with E-state index in [0.29, 0.717) is 5.92 Å². The first-order chi connectivity index (χ1) is 10.2. The van der Waals surface area contributed by atoms with E-state index in [1.54, 1.807) is 0 Å². The van der Waals surface area contributed by atoms with Crippen LogP contribution in [-0.2, 0) is 4.79 Å². The van der Waals surface area contributed by atoms with Crippen molar-refractivity contribution in [1.82, 2.24) is 5.32 Å². The molecule has 2 atom stereocenters. The van der Waals surface area contributed by atoms with Crippen LogP contribution in [0.1, 0.15) is 43.7 Å². The molecule has 0 aromatic heterocycles. The number of hydrogen-bond acceptors (Lipinski definition) is 3. The van der Waals surface area contributed by atoms with E-state index in [2.05, 4.69) is 23.5 Å². The molecule has 112 valence electrons. The molecule has 3 aliphatic rings. The SMILES string of the molecule is NC1NC(CC2CC2)c2ccccc2N(CC2CC2)C1=O. The molecule has 1 amide bonds. The minimum absolute atomic E-state index is 0.0210. The molecule has 1 aliphatic heterocycles. The largest absolute Gasteiger partial charge is 0.309 e. The Labute approximate surface area is 125 Å². The van der Waals surface area contributed by atoms with E-state index in [1.807, 2.05) is 11.0 Å². The van der Waals surface area contributed by atoms with Gasteiger partial charge in [-0.25, -0.2) is 0 Å². The Bertz CT molecular complexity index is 551. The van der Waals surface area contributed by atoms with Gasteiger partial charge in [0, 0.05) is 18.3 Å². The van der Waals surface area contributed by atoms with Crippen molar-refractivity contribution in [3.63, 3.8) is 0 Å². The molecule has 0 bridgehead atoms. The van der Waals surface area contributed by atoms with Crippen LogP contribution in [0.5, 0.6) is 0 Å². The highest BCUT2D eigenvalue weighted by atomic mass is 16.2. The standard InChI is InChI=1S/C17H23N3O/c18-16-17(21)20(10-12-7-8-12)15-4-2-1-3-13(15)14(19-16)9-11-5-6-11/h1-4,11-12,14,16,19H,5-10,18H2. The normalized spacial score (nSPS) is 29.2. The van der Waals surface area contributed by atoms with Gasteiger partial charge in [-0.1, -0.05) is 31.0 Å². The van der Waals surface area contributed by atoms with Gasteiger partial charge in [0.25, 0.3) is 5.91 Å². The van der Waals surface area contributed by atoms with Crippen LogP contribution in [0.15, 0.2) is 24.3 Å². The number of nitrogens with zero attached hydrogens (tertiary/aromatic N) is 1. The van der Waals surface area contributed by atoms with Crippen LogP contribution < -0.4 is 16.0 Å². The van der Waals surface area contributed by atoms with Crippen molar-refractivity contribution in [3.05, 3.63) is 29.8 Å². The monoisotopic (exact) mass is 285 g/mol. The molecule has 21 heavy (non-hydrogen) atoms. The Hall–Kier alpha value is -1.39. The van der Waals surface area contributed by atoms with Gasteiger partial charge in [-0.3, -0.25) is 10.1 Å². The summed E-state index contributed by atoms with van der Waals surface area (Å²) in [6, 6.07) is 8.53. The van der Waals surface area contributed by atoms with Crippen molar-refractivity contribution >= 4 is 11.6 Å². The minimum Gasteiger partial charge on any atom is -0.309 e. The third-order valence-electron chi connectivity index (χ3n) is 4.92. The summed E-state index contributed by atoms with van der Waals surface area (Å²) in [6.07, 6.45) is 5.61. The molecule has 1 aromatic carbocycles. The maximum absolute atomic E-state index is 12.7. The number of carbonyl (C=O) groups excluding carboxylic acids is 1. The van der Waals surface area contributed by atoms with Gasteiger partial charge in [0.05, 0.1) is 0 Å². The van der Waals surface area contributed by atoms with Gasteiger partial charge < -0.3 is 10.6 Å². The molecule has 4 heteroatoms. The van der Waals surface area contributed by atoms with Crippen molar-refractivity contribution in [2.45, 2.75) is 44.3 Å². The molecule has 2 unspecified atom stereocenters. The first-order valence-corrected chi connectivity index (χ1v) is 8.14. The maximum atomic E-state index is 12.7. The summed E-state index contributed by atoms with van der Waals surface area (Å²) in [6.45, 7) is 0.821. The zero-order chi connectivity index (χ0) is 14.4. The average Bonchev–Trinajstić information content (AvgIpc) is 3.37. The predicted octanol–water partition coefficient (Wildman–Crippen LogP) is 2.16. The number of carbonyl (C=O) groups is 1. The number of nitrogens with two attached hydrogens (primary N) is 1. The van der Waals surface area contributed by atoms with Crippen LogP contribution in [0.4, 0.5) is 5.69 Å². The fourth-order valence-corrected chi connectivity index (χ4v) is 3.32. The van der Waals surface area contributed by atoms with E-state index in [-0.39, 0.29) is 11.9 Å². The lowest BCUT2D eigenvalue weighted by Crippen LogP contribution is -2.51. The summed E-state index contributed by atoms with van der Waals surface area (Å²) < 4.78 is 0. The second-order valence-electron chi connectivity index (χ2n) is 6.83. The highest BCUT2D eigenvalue weighted by Gasteiger charge is 2.37. The third-order valence-corrected chi connectivity index (χ3v) is 4.92. The number of hydrogen-bond donors (Lipinski definition) is 2. The van der Waals surface area contributed by atoms with E-state index in [1.165, 1.54) is 31.2 Å². The van der Waals surface area contributed by atoms with E-state index in [4.69, 9.17) is 5.73 Å². The van der Waals surface area contributed by atoms with Crippen LogP contribution in [0, 0.1) is 11.8 Å². The van der Waals surface area contributed by atoms with Crippen molar-refractivity contribution in [2.24, 2.45) is 17.6 Å². The van der Waals surface area contributed by atoms with Gasteiger partial charge in [0.15, 0.2) is 0 Å². The Morgan fingerprint density at radius 3 is 2.57 bits per heavy atom. The number of para-hydroxylation sites is 1. The second kappa shape index (κ2) is 5.11. The lowest BCUT2D eigenvalue weighted by molar-refractivity contribution is -0.120. The number of amides is 1. The summed E-state index contributed by atoms with van der Waals surface area (Å²) in [4.78, 5) is 14.6. The average molecular weight is 285 g/mol.